The van der Waals surface area contributed by atoms with Crippen molar-refractivity contribution in [1.82, 2.24) is 10.2 Å². The molecule has 5 nitrogen and oxygen atoms in total. The molecule has 1 aromatic rings. The van der Waals surface area contributed by atoms with E-state index in [2.05, 4.69) is 5.32 Å². The Labute approximate surface area is 138 Å². The van der Waals surface area contributed by atoms with Crippen LogP contribution in [-0.2, 0) is 4.79 Å². The topological polar surface area (TPSA) is 75.4 Å². The first kappa shape index (κ1) is 18.3. The molecule has 3 N–H and O–H groups in total. The average Bonchev–Trinajstić information content (AvgIpc) is 2.60. The standard InChI is InChI=1S/C16H20F3N3O2/c17-13-5-3-11(4-6-13)15(24)22-7-1-2-12(8-22)14(23)21-10-16(18,19)9-20/h3-6,12H,1-2,7-10,20H2,(H,21,23). The minimum absolute atomic E-state index is 0.149. The first-order chi connectivity index (χ1) is 11.3. The van der Waals surface area contributed by atoms with Gasteiger partial charge in [-0.1, -0.05) is 0 Å². The Balaban J connectivity index is 1.94. The van der Waals surface area contributed by atoms with E-state index in [1.807, 2.05) is 0 Å². The largest absolute Gasteiger partial charge is 0.350 e. The second-order valence-electron chi connectivity index (χ2n) is 5.88. The fourth-order valence-electron chi connectivity index (χ4n) is 2.58. The maximum absolute atomic E-state index is 13.1. The third-order valence-electron chi connectivity index (χ3n) is 3.99. The number of halogens is 3. The molecular formula is C16H20F3N3O2. The Morgan fingerprint density at radius 2 is 1.96 bits per heavy atom. The van der Waals surface area contributed by atoms with Gasteiger partial charge in [0, 0.05) is 18.7 Å². The number of nitrogens with zero attached hydrogens (tertiary/aromatic N) is 1. The zero-order valence-electron chi connectivity index (χ0n) is 13.1. The van der Waals surface area contributed by atoms with E-state index in [-0.39, 0.29) is 12.5 Å². The van der Waals surface area contributed by atoms with Gasteiger partial charge in [0.1, 0.15) is 5.82 Å². The molecule has 1 aliphatic rings. The zero-order chi connectivity index (χ0) is 17.7. The van der Waals surface area contributed by atoms with Crippen LogP contribution in [0.5, 0.6) is 0 Å². The summed E-state index contributed by atoms with van der Waals surface area (Å²) in [5.41, 5.74) is 5.25. The van der Waals surface area contributed by atoms with Crippen LogP contribution >= 0.6 is 0 Å². The molecule has 1 saturated heterocycles. The van der Waals surface area contributed by atoms with Crippen molar-refractivity contribution >= 4 is 11.8 Å². The number of nitrogens with two attached hydrogens (primary N) is 1. The van der Waals surface area contributed by atoms with E-state index in [1.54, 1.807) is 0 Å². The summed E-state index contributed by atoms with van der Waals surface area (Å²) in [7, 11) is 0. The van der Waals surface area contributed by atoms with E-state index < -0.39 is 36.7 Å². The second-order valence-corrected chi connectivity index (χ2v) is 5.88. The van der Waals surface area contributed by atoms with Gasteiger partial charge in [-0.3, -0.25) is 9.59 Å². The fraction of sp³-hybridized carbons (Fsp3) is 0.500. The molecule has 2 rings (SSSR count). The molecule has 8 heteroatoms. The van der Waals surface area contributed by atoms with Gasteiger partial charge in [0.2, 0.25) is 5.91 Å². The Kier molecular flexibility index (Phi) is 5.82. The molecule has 24 heavy (non-hydrogen) atoms. The highest BCUT2D eigenvalue weighted by molar-refractivity contribution is 5.94. The van der Waals surface area contributed by atoms with Crippen LogP contribution < -0.4 is 11.1 Å². The van der Waals surface area contributed by atoms with Gasteiger partial charge in [0.15, 0.2) is 0 Å². The van der Waals surface area contributed by atoms with E-state index in [1.165, 1.54) is 29.2 Å². The molecule has 0 saturated carbocycles. The molecule has 0 bridgehead atoms. The monoisotopic (exact) mass is 343 g/mol. The van der Waals surface area contributed by atoms with Crippen molar-refractivity contribution in [1.29, 1.82) is 0 Å². The van der Waals surface area contributed by atoms with E-state index in [9.17, 15) is 22.8 Å². The number of piperidine rings is 1. The first-order valence-corrected chi connectivity index (χ1v) is 7.73. The average molecular weight is 343 g/mol. The predicted octanol–water partition coefficient (Wildman–Crippen LogP) is 1.39. The number of alkyl halides is 2. The molecule has 0 radical (unpaired) electrons. The maximum Gasteiger partial charge on any atom is 0.277 e. The molecule has 1 aliphatic heterocycles. The SMILES string of the molecule is NCC(F)(F)CNC(=O)C1CCCN(C(=O)c2ccc(F)cc2)C1. The van der Waals surface area contributed by atoms with Gasteiger partial charge in [-0.05, 0) is 37.1 Å². The Morgan fingerprint density at radius 1 is 1.29 bits per heavy atom. The van der Waals surface area contributed by atoms with Crippen LogP contribution in [0.3, 0.4) is 0 Å². The third-order valence-corrected chi connectivity index (χ3v) is 3.99. The fourth-order valence-corrected chi connectivity index (χ4v) is 2.58. The van der Waals surface area contributed by atoms with Crippen LogP contribution in [0.4, 0.5) is 13.2 Å². The van der Waals surface area contributed by atoms with Crippen molar-refractivity contribution in [2.45, 2.75) is 18.8 Å². The lowest BCUT2D eigenvalue weighted by atomic mass is 9.96. The van der Waals surface area contributed by atoms with Crippen molar-refractivity contribution < 1.29 is 22.8 Å². The van der Waals surface area contributed by atoms with E-state index in [4.69, 9.17) is 5.73 Å². The van der Waals surface area contributed by atoms with Crippen LogP contribution in [0.1, 0.15) is 23.2 Å². The molecule has 0 spiro atoms. The number of carbonyl (C=O) groups is 2. The summed E-state index contributed by atoms with van der Waals surface area (Å²) in [5, 5.41) is 2.19. The summed E-state index contributed by atoms with van der Waals surface area (Å²) in [6, 6.07) is 5.14. The smallest absolute Gasteiger partial charge is 0.277 e. The van der Waals surface area contributed by atoms with E-state index in [0.29, 0.717) is 24.9 Å². The highest BCUT2D eigenvalue weighted by Crippen LogP contribution is 2.19. The molecule has 1 aromatic carbocycles. The number of amides is 2. The molecule has 0 aliphatic carbocycles. The van der Waals surface area contributed by atoms with Crippen LogP contribution in [0, 0.1) is 11.7 Å². The van der Waals surface area contributed by atoms with Crippen molar-refractivity contribution in [2.24, 2.45) is 11.7 Å². The lowest BCUT2D eigenvalue weighted by Crippen LogP contribution is -2.48. The van der Waals surface area contributed by atoms with Crippen molar-refractivity contribution in [3.05, 3.63) is 35.6 Å². The predicted molar refractivity (Wildman–Crippen MR) is 82.0 cm³/mol. The molecule has 2 amide bonds. The molecule has 1 atom stereocenters. The molecule has 0 aromatic heterocycles. The quantitative estimate of drug-likeness (QED) is 0.848. The molecule has 1 fully saturated rings. The maximum atomic E-state index is 13.1. The highest BCUT2D eigenvalue weighted by atomic mass is 19.3. The number of rotatable bonds is 5. The van der Waals surface area contributed by atoms with Crippen LogP contribution in [0.2, 0.25) is 0 Å². The summed E-state index contributed by atoms with van der Waals surface area (Å²) in [5.74, 6) is -4.95. The van der Waals surface area contributed by atoms with Gasteiger partial charge in [-0.15, -0.1) is 0 Å². The van der Waals surface area contributed by atoms with Crippen LogP contribution in [-0.4, -0.2) is 48.8 Å². The van der Waals surface area contributed by atoms with Crippen LogP contribution in [0.25, 0.3) is 0 Å². The van der Waals surface area contributed by atoms with E-state index in [0.717, 1.165) is 0 Å². The molecule has 132 valence electrons. The minimum atomic E-state index is -3.14. The summed E-state index contributed by atoms with van der Waals surface area (Å²) in [4.78, 5) is 25.9. The third kappa shape index (κ3) is 4.70. The Bertz CT molecular complexity index is 593. The highest BCUT2D eigenvalue weighted by Gasteiger charge is 2.32. The van der Waals surface area contributed by atoms with Gasteiger partial charge < -0.3 is 16.0 Å². The van der Waals surface area contributed by atoms with E-state index >= 15 is 0 Å². The Hall–Kier alpha value is -2.09. The lowest BCUT2D eigenvalue weighted by Gasteiger charge is -2.32. The van der Waals surface area contributed by atoms with Gasteiger partial charge in [-0.25, -0.2) is 13.2 Å². The molecule has 1 heterocycles. The summed E-state index contributed by atoms with van der Waals surface area (Å²) < 4.78 is 39.1. The van der Waals surface area contributed by atoms with Crippen molar-refractivity contribution in [3.8, 4) is 0 Å². The summed E-state index contributed by atoms with van der Waals surface area (Å²) >= 11 is 0. The van der Waals surface area contributed by atoms with Crippen LogP contribution in [0.15, 0.2) is 24.3 Å². The normalized spacial score (nSPS) is 18.3. The van der Waals surface area contributed by atoms with Crippen molar-refractivity contribution in [3.63, 3.8) is 0 Å². The zero-order valence-corrected chi connectivity index (χ0v) is 13.1. The van der Waals surface area contributed by atoms with Gasteiger partial charge in [0.25, 0.3) is 11.8 Å². The number of benzene rings is 1. The molecule has 1 unspecified atom stereocenters. The minimum Gasteiger partial charge on any atom is -0.350 e. The number of hydrogen-bond donors (Lipinski definition) is 2. The number of likely N-dealkylation sites (tertiary alicyclic amines) is 1. The second kappa shape index (κ2) is 7.65. The van der Waals surface area contributed by atoms with Gasteiger partial charge in [-0.2, -0.15) is 0 Å². The number of hydrogen-bond acceptors (Lipinski definition) is 3. The summed E-state index contributed by atoms with van der Waals surface area (Å²) in [6.45, 7) is -1.03. The molecular weight excluding hydrogens is 323 g/mol. The Morgan fingerprint density at radius 3 is 2.58 bits per heavy atom. The van der Waals surface area contributed by atoms with Crippen molar-refractivity contribution in [2.75, 3.05) is 26.2 Å². The number of carbonyl (C=O) groups excluding carboxylic acids is 2. The van der Waals surface area contributed by atoms with Gasteiger partial charge in [0.05, 0.1) is 19.0 Å². The lowest BCUT2D eigenvalue weighted by molar-refractivity contribution is -0.128. The summed E-state index contributed by atoms with van der Waals surface area (Å²) in [6.07, 6.45) is 1.12. The van der Waals surface area contributed by atoms with Gasteiger partial charge >= 0.3 is 0 Å². The number of nitrogens with one attached hydrogen (secondary N) is 1. The first-order valence-electron chi connectivity index (χ1n) is 7.73.